The third-order valence-corrected chi connectivity index (χ3v) is 2.54. The molecule has 0 aliphatic rings. The van der Waals surface area contributed by atoms with Gasteiger partial charge in [-0.1, -0.05) is 0 Å². The minimum Gasteiger partial charge on any atom is -0.424 e. The number of hydrogen-bond donors (Lipinski definition) is 0. The van der Waals surface area contributed by atoms with Crippen molar-refractivity contribution in [2.24, 2.45) is 0 Å². The largest absolute Gasteiger partial charge is 0.424 e. The third kappa shape index (κ3) is 1.73. The first-order chi connectivity index (χ1) is 8.63. The number of aryl methyl sites for hydroxylation is 1. The molecule has 18 heavy (non-hydrogen) atoms. The molecular formula is C11H8F2N4O. The van der Waals surface area contributed by atoms with E-state index in [2.05, 4.69) is 15.2 Å². The number of nitrogens with zero attached hydrogens (tertiary/aromatic N) is 4. The van der Waals surface area contributed by atoms with E-state index in [-0.39, 0.29) is 6.54 Å². The summed E-state index contributed by atoms with van der Waals surface area (Å²) in [6, 6.07) is 2.15. The van der Waals surface area contributed by atoms with E-state index in [1.165, 1.54) is 6.33 Å². The van der Waals surface area contributed by atoms with E-state index in [0.29, 0.717) is 22.8 Å². The highest BCUT2D eigenvalue weighted by Crippen LogP contribution is 2.18. The fourth-order valence-corrected chi connectivity index (χ4v) is 1.73. The van der Waals surface area contributed by atoms with Crippen molar-refractivity contribution in [1.82, 2.24) is 19.7 Å². The van der Waals surface area contributed by atoms with Crippen LogP contribution in [0.2, 0.25) is 0 Å². The van der Waals surface area contributed by atoms with Crippen molar-refractivity contribution in [2.75, 3.05) is 0 Å². The van der Waals surface area contributed by atoms with E-state index < -0.39 is 11.6 Å². The first-order valence-electron chi connectivity index (χ1n) is 5.22. The van der Waals surface area contributed by atoms with E-state index in [1.54, 1.807) is 11.5 Å². The standard InChI is InChI=1S/C11H8F2N4O/c1-6-15-16-11(18-6)4-17-5-14-9-2-7(12)8(13)3-10(9)17/h2-3,5H,4H2,1H3. The van der Waals surface area contributed by atoms with E-state index in [4.69, 9.17) is 4.42 Å². The third-order valence-electron chi connectivity index (χ3n) is 2.54. The van der Waals surface area contributed by atoms with Gasteiger partial charge in [-0.2, -0.15) is 0 Å². The van der Waals surface area contributed by atoms with E-state index in [0.717, 1.165) is 12.1 Å². The Kier molecular flexibility index (Phi) is 2.32. The minimum atomic E-state index is -0.915. The summed E-state index contributed by atoms with van der Waals surface area (Å²) in [6.07, 6.45) is 1.48. The summed E-state index contributed by atoms with van der Waals surface area (Å²) in [7, 11) is 0. The molecule has 7 heteroatoms. The molecule has 2 aromatic heterocycles. The molecule has 0 amide bonds. The lowest BCUT2D eigenvalue weighted by Crippen LogP contribution is -1.99. The summed E-state index contributed by atoms with van der Waals surface area (Å²) < 4.78 is 33.0. The fourth-order valence-electron chi connectivity index (χ4n) is 1.73. The van der Waals surface area contributed by atoms with E-state index in [1.807, 2.05) is 0 Å². The Morgan fingerprint density at radius 1 is 1.22 bits per heavy atom. The maximum Gasteiger partial charge on any atom is 0.236 e. The summed E-state index contributed by atoms with van der Waals surface area (Å²) in [5, 5.41) is 7.53. The molecule has 0 N–H and O–H groups in total. The average molecular weight is 250 g/mol. The van der Waals surface area contributed by atoms with Gasteiger partial charge in [-0.3, -0.25) is 0 Å². The molecule has 0 atom stereocenters. The monoisotopic (exact) mass is 250 g/mol. The normalized spacial score (nSPS) is 11.3. The molecule has 5 nitrogen and oxygen atoms in total. The van der Waals surface area contributed by atoms with Gasteiger partial charge in [-0.05, 0) is 0 Å². The summed E-state index contributed by atoms with van der Waals surface area (Å²) in [4.78, 5) is 3.99. The molecule has 0 aliphatic heterocycles. The molecule has 2 heterocycles. The first-order valence-corrected chi connectivity index (χ1v) is 5.22. The van der Waals surface area contributed by atoms with Crippen LogP contribution in [0.1, 0.15) is 11.8 Å². The SMILES string of the molecule is Cc1nnc(Cn2cnc3cc(F)c(F)cc32)o1. The second-order valence-corrected chi connectivity index (χ2v) is 3.84. The van der Waals surface area contributed by atoms with Crippen LogP contribution in [0.4, 0.5) is 8.78 Å². The van der Waals surface area contributed by atoms with Crippen LogP contribution in [-0.4, -0.2) is 19.7 Å². The predicted molar refractivity (Wildman–Crippen MR) is 57.8 cm³/mol. The molecule has 0 saturated carbocycles. The Labute approximate surface area is 100 Å². The molecule has 92 valence electrons. The van der Waals surface area contributed by atoms with E-state index >= 15 is 0 Å². The van der Waals surface area contributed by atoms with Crippen molar-refractivity contribution in [3.8, 4) is 0 Å². The van der Waals surface area contributed by atoms with Crippen LogP contribution in [0.15, 0.2) is 22.9 Å². The second-order valence-electron chi connectivity index (χ2n) is 3.84. The van der Waals surface area contributed by atoms with Crippen molar-refractivity contribution < 1.29 is 13.2 Å². The zero-order valence-corrected chi connectivity index (χ0v) is 9.39. The maximum absolute atomic E-state index is 13.2. The molecule has 0 unspecified atom stereocenters. The Morgan fingerprint density at radius 2 is 2.00 bits per heavy atom. The van der Waals surface area contributed by atoms with Gasteiger partial charge in [0, 0.05) is 19.1 Å². The molecule has 0 radical (unpaired) electrons. The Bertz CT molecular complexity index is 719. The number of aromatic nitrogens is 4. The summed E-state index contributed by atoms with van der Waals surface area (Å²) >= 11 is 0. The number of imidazole rings is 1. The van der Waals surface area contributed by atoms with Crippen molar-refractivity contribution in [3.05, 3.63) is 41.9 Å². The molecule has 0 bridgehead atoms. The Morgan fingerprint density at radius 3 is 2.72 bits per heavy atom. The van der Waals surface area contributed by atoms with Crippen LogP contribution in [0.3, 0.4) is 0 Å². The van der Waals surface area contributed by atoms with Gasteiger partial charge in [0.2, 0.25) is 11.8 Å². The van der Waals surface area contributed by atoms with Crippen LogP contribution in [0.25, 0.3) is 11.0 Å². The fraction of sp³-hybridized carbons (Fsp3) is 0.182. The van der Waals surface area contributed by atoms with Crippen LogP contribution >= 0.6 is 0 Å². The lowest BCUT2D eigenvalue weighted by atomic mass is 10.3. The van der Waals surface area contributed by atoms with Gasteiger partial charge >= 0.3 is 0 Å². The highest BCUT2D eigenvalue weighted by molar-refractivity contribution is 5.75. The zero-order valence-electron chi connectivity index (χ0n) is 9.39. The topological polar surface area (TPSA) is 56.7 Å². The van der Waals surface area contributed by atoms with Gasteiger partial charge in [0.1, 0.15) is 6.54 Å². The highest BCUT2D eigenvalue weighted by atomic mass is 19.2. The molecule has 3 aromatic rings. The van der Waals surface area contributed by atoms with Crippen molar-refractivity contribution in [1.29, 1.82) is 0 Å². The van der Waals surface area contributed by atoms with Crippen LogP contribution in [0.5, 0.6) is 0 Å². The van der Waals surface area contributed by atoms with Gasteiger partial charge in [0.05, 0.1) is 17.4 Å². The number of hydrogen-bond acceptors (Lipinski definition) is 4. The summed E-state index contributed by atoms with van der Waals surface area (Å²) in [6.45, 7) is 1.94. The quantitative estimate of drug-likeness (QED) is 0.698. The number of halogens is 2. The number of fused-ring (bicyclic) bond motifs is 1. The molecule has 0 spiro atoms. The minimum absolute atomic E-state index is 0.266. The van der Waals surface area contributed by atoms with Gasteiger partial charge < -0.3 is 8.98 Å². The molecule has 0 saturated heterocycles. The predicted octanol–water partition coefficient (Wildman–Crippen LogP) is 2.05. The van der Waals surface area contributed by atoms with Crippen molar-refractivity contribution >= 4 is 11.0 Å². The summed E-state index contributed by atoms with van der Waals surface area (Å²) in [5.41, 5.74) is 0.856. The second kappa shape index (κ2) is 3.86. The Balaban J connectivity index is 2.04. The number of benzene rings is 1. The van der Waals surface area contributed by atoms with Gasteiger partial charge in [-0.25, -0.2) is 13.8 Å². The van der Waals surface area contributed by atoms with Gasteiger partial charge in [0.25, 0.3) is 0 Å². The van der Waals surface area contributed by atoms with Crippen LogP contribution < -0.4 is 0 Å². The Hall–Kier alpha value is -2.31. The average Bonchev–Trinajstić information content (AvgIpc) is 2.89. The lowest BCUT2D eigenvalue weighted by molar-refractivity contribution is 0.456. The van der Waals surface area contributed by atoms with Crippen molar-refractivity contribution in [3.63, 3.8) is 0 Å². The van der Waals surface area contributed by atoms with E-state index in [9.17, 15) is 8.78 Å². The molecule has 0 fully saturated rings. The first kappa shape index (κ1) is 10.8. The summed E-state index contributed by atoms with van der Waals surface area (Å²) in [5.74, 6) is -0.990. The van der Waals surface area contributed by atoms with Gasteiger partial charge in [0.15, 0.2) is 11.6 Å². The molecule has 3 rings (SSSR count). The van der Waals surface area contributed by atoms with Gasteiger partial charge in [-0.15, -0.1) is 10.2 Å². The molecule has 1 aromatic carbocycles. The molecule has 0 aliphatic carbocycles. The smallest absolute Gasteiger partial charge is 0.236 e. The zero-order chi connectivity index (χ0) is 12.7. The van der Waals surface area contributed by atoms with Crippen molar-refractivity contribution in [2.45, 2.75) is 13.5 Å². The lowest BCUT2D eigenvalue weighted by Gasteiger charge is -2.00. The highest BCUT2D eigenvalue weighted by Gasteiger charge is 2.11. The van der Waals surface area contributed by atoms with Crippen LogP contribution in [0, 0.1) is 18.6 Å². The van der Waals surface area contributed by atoms with Crippen LogP contribution in [-0.2, 0) is 6.54 Å². The maximum atomic E-state index is 13.2. The number of rotatable bonds is 2. The molecular weight excluding hydrogens is 242 g/mol.